The van der Waals surface area contributed by atoms with Crippen molar-refractivity contribution < 1.29 is 23.9 Å². The number of amides is 3. The fourth-order valence-corrected chi connectivity index (χ4v) is 4.51. The van der Waals surface area contributed by atoms with E-state index in [1.807, 2.05) is 30.3 Å². The number of nitrogens with one attached hydrogen (secondary N) is 1. The van der Waals surface area contributed by atoms with Gasteiger partial charge >= 0.3 is 5.97 Å². The van der Waals surface area contributed by atoms with Crippen molar-refractivity contribution in [3.8, 4) is 0 Å². The van der Waals surface area contributed by atoms with Gasteiger partial charge in [0.05, 0.1) is 41.4 Å². The Kier molecular flexibility index (Phi) is 8.40. The summed E-state index contributed by atoms with van der Waals surface area (Å²) in [6.07, 6.45) is 0. The first kappa shape index (κ1) is 28.2. The first-order chi connectivity index (χ1) is 19.1. The standard InChI is InChI=1S/C30H31N5O5/c1-5-40-30(39)19-11-13-21-23(15-19)33-29(38)26(21)27(18-9-7-6-8-10-18)32-20-12-14-24(22(16-20)28(31)37)35(4)25(36)17-34(2)3/h6-16,26H,5,17H2,1-4H3,(H2,31,37)(H,33,38). The molecule has 3 aromatic carbocycles. The number of benzene rings is 3. The fraction of sp³-hybridized carbons (Fsp3) is 0.233. The SMILES string of the molecule is CCOC(=O)c1ccc2c(c1)NC(=O)C2C(=Nc1ccc(N(C)C(=O)CN(C)C)c(C(N)=O)c1)c1ccccc1. The molecule has 0 bridgehead atoms. The molecule has 206 valence electrons. The van der Waals surface area contributed by atoms with E-state index in [2.05, 4.69) is 5.32 Å². The zero-order valence-corrected chi connectivity index (χ0v) is 22.8. The molecule has 3 aromatic rings. The predicted molar refractivity (Wildman–Crippen MR) is 153 cm³/mol. The number of likely N-dealkylation sites (N-methyl/N-ethyl adjacent to an activating group) is 2. The quantitative estimate of drug-likeness (QED) is 0.315. The van der Waals surface area contributed by atoms with E-state index in [9.17, 15) is 19.2 Å². The molecular formula is C30H31N5O5. The van der Waals surface area contributed by atoms with Crippen LogP contribution in [0.2, 0.25) is 0 Å². The minimum atomic E-state index is -0.783. The molecule has 3 N–H and O–H groups in total. The van der Waals surface area contributed by atoms with E-state index in [1.165, 1.54) is 11.0 Å². The van der Waals surface area contributed by atoms with Gasteiger partial charge in [-0.1, -0.05) is 36.4 Å². The van der Waals surface area contributed by atoms with Gasteiger partial charge in [-0.15, -0.1) is 0 Å². The summed E-state index contributed by atoms with van der Waals surface area (Å²) >= 11 is 0. The van der Waals surface area contributed by atoms with Crippen LogP contribution in [0.5, 0.6) is 0 Å². The van der Waals surface area contributed by atoms with E-state index in [1.54, 1.807) is 63.3 Å². The van der Waals surface area contributed by atoms with E-state index in [0.29, 0.717) is 39.5 Å². The highest BCUT2D eigenvalue weighted by atomic mass is 16.5. The van der Waals surface area contributed by atoms with E-state index in [-0.39, 0.29) is 30.5 Å². The van der Waals surface area contributed by atoms with Crippen LogP contribution >= 0.6 is 0 Å². The Morgan fingerprint density at radius 2 is 1.70 bits per heavy atom. The van der Waals surface area contributed by atoms with Crippen molar-refractivity contribution >= 4 is 46.5 Å². The van der Waals surface area contributed by atoms with E-state index < -0.39 is 17.8 Å². The highest BCUT2D eigenvalue weighted by Crippen LogP contribution is 2.37. The number of hydrogen-bond acceptors (Lipinski definition) is 7. The lowest BCUT2D eigenvalue weighted by Gasteiger charge is -2.22. The molecule has 4 rings (SSSR count). The number of esters is 1. The van der Waals surface area contributed by atoms with E-state index >= 15 is 0 Å². The van der Waals surface area contributed by atoms with E-state index in [0.717, 1.165) is 0 Å². The second-order valence-corrected chi connectivity index (χ2v) is 9.56. The Balaban J connectivity index is 1.80. The third-order valence-corrected chi connectivity index (χ3v) is 6.42. The number of fused-ring (bicyclic) bond motifs is 1. The van der Waals surface area contributed by atoms with Gasteiger partial charge in [0, 0.05) is 12.7 Å². The van der Waals surface area contributed by atoms with Crippen LogP contribution < -0.4 is 16.0 Å². The zero-order valence-electron chi connectivity index (χ0n) is 22.8. The average Bonchev–Trinajstić information content (AvgIpc) is 3.26. The van der Waals surface area contributed by atoms with Crippen LogP contribution in [-0.4, -0.2) is 68.6 Å². The largest absolute Gasteiger partial charge is 0.462 e. The first-order valence-corrected chi connectivity index (χ1v) is 12.7. The number of carbonyl (C=O) groups excluding carboxylic acids is 4. The molecule has 10 heteroatoms. The number of ether oxygens (including phenoxy) is 1. The van der Waals surface area contributed by atoms with Crippen molar-refractivity contribution in [2.75, 3.05) is 44.5 Å². The van der Waals surface area contributed by atoms with Gasteiger partial charge in [0.15, 0.2) is 0 Å². The smallest absolute Gasteiger partial charge is 0.338 e. The molecule has 0 fully saturated rings. The summed E-state index contributed by atoms with van der Waals surface area (Å²) in [5, 5.41) is 2.85. The van der Waals surface area contributed by atoms with Crippen molar-refractivity contribution in [2.24, 2.45) is 10.7 Å². The third kappa shape index (κ3) is 5.92. The summed E-state index contributed by atoms with van der Waals surface area (Å²) < 4.78 is 5.09. The van der Waals surface area contributed by atoms with Crippen molar-refractivity contribution in [3.05, 3.63) is 89.0 Å². The number of carbonyl (C=O) groups is 4. The summed E-state index contributed by atoms with van der Waals surface area (Å²) in [5.41, 5.74) is 9.19. The monoisotopic (exact) mass is 541 g/mol. The molecule has 1 aliphatic heterocycles. The molecule has 0 saturated heterocycles. The number of nitrogens with zero attached hydrogens (tertiary/aromatic N) is 3. The number of anilines is 2. The molecule has 1 unspecified atom stereocenters. The Morgan fingerprint density at radius 3 is 2.35 bits per heavy atom. The van der Waals surface area contributed by atoms with Gasteiger partial charge in [-0.05, 0) is 62.5 Å². The van der Waals surface area contributed by atoms with Gasteiger partial charge in [0.25, 0.3) is 5.91 Å². The molecule has 40 heavy (non-hydrogen) atoms. The van der Waals surface area contributed by atoms with Crippen LogP contribution in [0.15, 0.2) is 71.7 Å². The second kappa shape index (κ2) is 11.9. The lowest BCUT2D eigenvalue weighted by atomic mass is 9.90. The Morgan fingerprint density at radius 1 is 0.975 bits per heavy atom. The molecule has 0 aliphatic carbocycles. The summed E-state index contributed by atoms with van der Waals surface area (Å²) in [6, 6.07) is 18.9. The maximum Gasteiger partial charge on any atom is 0.338 e. The summed E-state index contributed by atoms with van der Waals surface area (Å²) in [6.45, 7) is 2.11. The van der Waals surface area contributed by atoms with Gasteiger partial charge in [-0.25, -0.2) is 4.79 Å². The minimum absolute atomic E-state index is 0.124. The number of rotatable bonds is 9. The van der Waals surface area contributed by atoms with Gasteiger partial charge in [-0.2, -0.15) is 0 Å². The molecule has 0 saturated carbocycles. The highest BCUT2D eigenvalue weighted by Gasteiger charge is 2.36. The number of aliphatic imine (C=N–C) groups is 1. The maximum atomic E-state index is 13.3. The first-order valence-electron chi connectivity index (χ1n) is 12.7. The lowest BCUT2D eigenvalue weighted by Crippen LogP contribution is -2.36. The Bertz CT molecular complexity index is 1500. The average molecular weight is 542 g/mol. The number of hydrogen-bond donors (Lipinski definition) is 2. The Hall–Kier alpha value is -4.83. The summed E-state index contributed by atoms with van der Waals surface area (Å²) in [5.74, 6) is -2.49. The highest BCUT2D eigenvalue weighted by molar-refractivity contribution is 6.24. The molecule has 0 aromatic heterocycles. The summed E-state index contributed by atoms with van der Waals surface area (Å²) in [4.78, 5) is 58.5. The summed E-state index contributed by atoms with van der Waals surface area (Å²) in [7, 11) is 5.13. The normalized spacial score (nSPS) is 14.5. The topological polar surface area (TPSA) is 134 Å². The van der Waals surface area contributed by atoms with Crippen LogP contribution in [0.1, 0.15) is 44.7 Å². The molecule has 1 aliphatic rings. The van der Waals surface area contributed by atoms with Gasteiger partial charge < -0.3 is 25.6 Å². The number of nitrogens with two attached hydrogens (primary N) is 1. The third-order valence-electron chi connectivity index (χ3n) is 6.42. The second-order valence-electron chi connectivity index (χ2n) is 9.56. The van der Waals surface area contributed by atoms with Crippen LogP contribution in [0.25, 0.3) is 0 Å². The molecule has 1 atom stereocenters. The van der Waals surface area contributed by atoms with Crippen molar-refractivity contribution in [1.82, 2.24) is 4.90 Å². The molecule has 0 radical (unpaired) electrons. The van der Waals surface area contributed by atoms with Gasteiger partial charge in [-0.3, -0.25) is 19.4 Å². The van der Waals surface area contributed by atoms with Gasteiger partial charge in [0.1, 0.15) is 5.92 Å². The van der Waals surface area contributed by atoms with Crippen molar-refractivity contribution in [2.45, 2.75) is 12.8 Å². The predicted octanol–water partition coefficient (Wildman–Crippen LogP) is 3.34. The fourth-order valence-electron chi connectivity index (χ4n) is 4.51. The molecule has 0 spiro atoms. The van der Waals surface area contributed by atoms with Crippen molar-refractivity contribution in [3.63, 3.8) is 0 Å². The minimum Gasteiger partial charge on any atom is -0.462 e. The molecule has 1 heterocycles. The van der Waals surface area contributed by atoms with E-state index in [4.69, 9.17) is 15.5 Å². The number of primary amides is 1. The molecular weight excluding hydrogens is 510 g/mol. The maximum absolute atomic E-state index is 13.3. The van der Waals surface area contributed by atoms with Gasteiger partial charge in [0.2, 0.25) is 11.8 Å². The molecule has 10 nitrogen and oxygen atoms in total. The Labute approximate surface area is 232 Å². The van der Waals surface area contributed by atoms with Crippen molar-refractivity contribution in [1.29, 1.82) is 0 Å². The van der Waals surface area contributed by atoms with Crippen LogP contribution in [0.3, 0.4) is 0 Å². The zero-order chi connectivity index (χ0) is 29.0. The van der Waals surface area contributed by atoms with Crippen LogP contribution in [0.4, 0.5) is 17.1 Å². The van der Waals surface area contributed by atoms with Crippen LogP contribution in [0, 0.1) is 0 Å². The van der Waals surface area contributed by atoms with Crippen LogP contribution in [-0.2, 0) is 14.3 Å². The molecule has 3 amide bonds. The lowest BCUT2D eigenvalue weighted by molar-refractivity contribution is -0.119.